The van der Waals surface area contributed by atoms with Crippen molar-refractivity contribution >= 4 is 5.97 Å². The second kappa shape index (κ2) is 7.46. The number of para-hydroxylation sites is 1. The van der Waals surface area contributed by atoms with Gasteiger partial charge in [0.15, 0.2) is 0 Å². The number of ether oxygens (including phenoxy) is 2. The van der Waals surface area contributed by atoms with Crippen molar-refractivity contribution in [3.8, 4) is 5.75 Å². The van der Waals surface area contributed by atoms with Gasteiger partial charge in [-0.2, -0.15) is 0 Å². The van der Waals surface area contributed by atoms with Crippen LogP contribution in [0, 0.1) is 0 Å². The van der Waals surface area contributed by atoms with E-state index in [9.17, 15) is 4.79 Å². The number of rotatable bonds is 7. The van der Waals surface area contributed by atoms with Crippen LogP contribution in [-0.4, -0.2) is 24.7 Å². The highest BCUT2D eigenvalue weighted by molar-refractivity contribution is 5.79. The van der Waals surface area contributed by atoms with Gasteiger partial charge in [0, 0.05) is 6.42 Å². The maximum atomic E-state index is 11.6. The smallest absolute Gasteiger partial charge is 0.325 e. The van der Waals surface area contributed by atoms with Gasteiger partial charge in [0.1, 0.15) is 11.3 Å². The third kappa shape index (κ3) is 4.74. The zero-order chi connectivity index (χ0) is 16.0. The zero-order valence-electron chi connectivity index (χ0n) is 13.7. The molecule has 3 atom stereocenters. The Hall–Kier alpha value is -1.55. The average molecular weight is 293 g/mol. The van der Waals surface area contributed by atoms with Crippen LogP contribution < -0.4 is 10.5 Å². The minimum atomic E-state index is -1.04. The maximum absolute atomic E-state index is 11.6. The topological polar surface area (TPSA) is 61.5 Å². The summed E-state index contributed by atoms with van der Waals surface area (Å²) < 4.78 is 10.7. The van der Waals surface area contributed by atoms with Crippen LogP contribution >= 0.6 is 0 Å². The van der Waals surface area contributed by atoms with E-state index >= 15 is 0 Å². The lowest BCUT2D eigenvalue weighted by Crippen LogP contribution is -2.48. The van der Waals surface area contributed by atoms with Crippen LogP contribution in [0.15, 0.2) is 24.3 Å². The maximum Gasteiger partial charge on any atom is 0.325 e. The molecule has 118 valence electrons. The van der Waals surface area contributed by atoms with Crippen molar-refractivity contribution in [1.82, 2.24) is 0 Å². The van der Waals surface area contributed by atoms with E-state index in [0.29, 0.717) is 12.3 Å². The molecule has 0 aromatic heterocycles. The quantitative estimate of drug-likeness (QED) is 0.784. The average Bonchev–Trinajstić information content (AvgIpc) is 2.45. The highest BCUT2D eigenvalue weighted by Gasteiger charge is 2.32. The second-order valence-corrected chi connectivity index (χ2v) is 5.89. The van der Waals surface area contributed by atoms with E-state index in [4.69, 9.17) is 15.2 Å². The highest BCUT2D eigenvalue weighted by Crippen LogP contribution is 2.30. The van der Waals surface area contributed by atoms with E-state index in [-0.39, 0.29) is 6.10 Å². The lowest BCUT2D eigenvalue weighted by Gasteiger charge is -2.26. The molecule has 0 saturated carbocycles. The van der Waals surface area contributed by atoms with Gasteiger partial charge in [-0.1, -0.05) is 32.0 Å². The molecule has 0 amide bonds. The number of methoxy groups -OCH3 is 1. The first-order valence-corrected chi connectivity index (χ1v) is 7.44. The Bertz CT molecular complexity index is 471. The molecule has 21 heavy (non-hydrogen) atoms. The summed E-state index contributed by atoms with van der Waals surface area (Å²) in [5.74, 6) is 0.867. The van der Waals surface area contributed by atoms with Crippen molar-refractivity contribution in [3.63, 3.8) is 0 Å². The largest absolute Gasteiger partial charge is 0.490 e. The summed E-state index contributed by atoms with van der Waals surface area (Å²) in [5.41, 5.74) is 6.14. The van der Waals surface area contributed by atoms with Gasteiger partial charge in [0.05, 0.1) is 13.2 Å². The van der Waals surface area contributed by atoms with E-state index < -0.39 is 11.5 Å². The summed E-state index contributed by atoms with van der Waals surface area (Å²) in [6.07, 6.45) is 1.27. The van der Waals surface area contributed by atoms with E-state index in [1.54, 1.807) is 6.92 Å². The first-order valence-electron chi connectivity index (χ1n) is 7.44. The Balaban J connectivity index is 2.80. The number of hydrogen-bond acceptors (Lipinski definition) is 4. The number of carbonyl (C=O) groups is 1. The van der Waals surface area contributed by atoms with Gasteiger partial charge >= 0.3 is 5.97 Å². The molecular weight excluding hydrogens is 266 g/mol. The molecule has 0 aliphatic carbocycles. The summed E-state index contributed by atoms with van der Waals surface area (Å²) in [6, 6.07) is 8.01. The van der Waals surface area contributed by atoms with Gasteiger partial charge < -0.3 is 15.2 Å². The first kappa shape index (κ1) is 17.5. The van der Waals surface area contributed by atoms with Gasteiger partial charge in [-0.05, 0) is 37.8 Å². The Morgan fingerprint density at radius 3 is 2.52 bits per heavy atom. The SMILES string of the molecule is CCC(C)c1ccccc1OC(C)CC(C)(N)C(=O)OC. The van der Waals surface area contributed by atoms with Crippen molar-refractivity contribution in [3.05, 3.63) is 29.8 Å². The van der Waals surface area contributed by atoms with Crippen LogP contribution in [0.3, 0.4) is 0 Å². The molecule has 0 heterocycles. The lowest BCUT2D eigenvalue weighted by atomic mass is 9.95. The fourth-order valence-corrected chi connectivity index (χ4v) is 2.39. The molecule has 1 aromatic carbocycles. The zero-order valence-corrected chi connectivity index (χ0v) is 13.7. The van der Waals surface area contributed by atoms with Gasteiger partial charge in [-0.15, -0.1) is 0 Å². The van der Waals surface area contributed by atoms with Crippen LogP contribution in [-0.2, 0) is 9.53 Å². The predicted molar refractivity (Wildman–Crippen MR) is 84.5 cm³/mol. The third-order valence-corrected chi connectivity index (χ3v) is 3.75. The van der Waals surface area contributed by atoms with Gasteiger partial charge in [-0.25, -0.2) is 0 Å². The molecule has 0 aliphatic rings. The fraction of sp³-hybridized carbons (Fsp3) is 0.588. The normalized spacial score (nSPS) is 16.7. The molecule has 3 unspecified atom stereocenters. The molecule has 1 aromatic rings. The minimum absolute atomic E-state index is 0.177. The van der Waals surface area contributed by atoms with E-state index in [1.165, 1.54) is 12.7 Å². The van der Waals surface area contributed by atoms with Crippen molar-refractivity contribution in [2.24, 2.45) is 5.73 Å². The summed E-state index contributed by atoms with van der Waals surface area (Å²) in [7, 11) is 1.34. The van der Waals surface area contributed by atoms with E-state index in [0.717, 1.165) is 12.2 Å². The van der Waals surface area contributed by atoms with Crippen LogP contribution in [0.2, 0.25) is 0 Å². The number of nitrogens with two attached hydrogens (primary N) is 1. The van der Waals surface area contributed by atoms with Crippen molar-refractivity contribution in [2.75, 3.05) is 7.11 Å². The van der Waals surface area contributed by atoms with Gasteiger partial charge in [-0.3, -0.25) is 4.79 Å². The molecule has 0 spiro atoms. The Kier molecular flexibility index (Phi) is 6.21. The summed E-state index contributed by atoms with van der Waals surface area (Å²) in [6.45, 7) is 7.91. The number of benzene rings is 1. The monoisotopic (exact) mass is 293 g/mol. The molecule has 4 nitrogen and oxygen atoms in total. The highest BCUT2D eigenvalue weighted by atomic mass is 16.5. The molecule has 2 N–H and O–H groups in total. The molecule has 1 rings (SSSR count). The summed E-state index contributed by atoms with van der Waals surface area (Å²) >= 11 is 0. The van der Waals surface area contributed by atoms with Crippen LogP contribution in [0.25, 0.3) is 0 Å². The van der Waals surface area contributed by atoms with E-state index in [1.807, 2.05) is 25.1 Å². The molecule has 0 fully saturated rings. The fourth-order valence-electron chi connectivity index (χ4n) is 2.39. The predicted octanol–water partition coefficient (Wildman–Crippen LogP) is 3.25. The molecule has 0 saturated heterocycles. The third-order valence-electron chi connectivity index (χ3n) is 3.75. The Morgan fingerprint density at radius 1 is 1.33 bits per heavy atom. The second-order valence-electron chi connectivity index (χ2n) is 5.89. The Labute approximate surface area is 127 Å². The van der Waals surface area contributed by atoms with Gasteiger partial charge in [0.25, 0.3) is 0 Å². The van der Waals surface area contributed by atoms with Gasteiger partial charge in [0.2, 0.25) is 0 Å². The van der Waals surface area contributed by atoms with Crippen LogP contribution in [0.1, 0.15) is 52.0 Å². The van der Waals surface area contributed by atoms with Crippen molar-refractivity contribution in [1.29, 1.82) is 0 Å². The lowest BCUT2D eigenvalue weighted by molar-refractivity contribution is -0.147. The molecule has 0 aliphatic heterocycles. The summed E-state index contributed by atoms with van der Waals surface area (Å²) in [4.78, 5) is 11.6. The number of hydrogen-bond donors (Lipinski definition) is 1. The number of carbonyl (C=O) groups excluding carboxylic acids is 1. The molecule has 4 heteroatoms. The Morgan fingerprint density at radius 2 is 1.95 bits per heavy atom. The minimum Gasteiger partial charge on any atom is -0.490 e. The standard InChI is InChI=1S/C17H27NO3/c1-6-12(2)14-9-7-8-10-15(14)21-13(3)11-17(4,18)16(19)20-5/h7-10,12-13H,6,11,18H2,1-5H3. The molecule has 0 radical (unpaired) electrons. The first-order chi connectivity index (χ1) is 9.81. The van der Waals surface area contributed by atoms with E-state index in [2.05, 4.69) is 19.9 Å². The van der Waals surface area contributed by atoms with Crippen LogP contribution in [0.4, 0.5) is 0 Å². The summed E-state index contributed by atoms with van der Waals surface area (Å²) in [5, 5.41) is 0. The van der Waals surface area contributed by atoms with Crippen molar-refractivity contribution in [2.45, 2.75) is 58.1 Å². The van der Waals surface area contributed by atoms with Crippen LogP contribution in [0.5, 0.6) is 5.75 Å². The molecule has 0 bridgehead atoms. The number of esters is 1. The molecular formula is C17H27NO3. The van der Waals surface area contributed by atoms with Crippen molar-refractivity contribution < 1.29 is 14.3 Å².